The highest BCUT2D eigenvalue weighted by Gasteiger charge is 2.22. The SMILES string of the molecule is C[C@@H](N)c1ccc(OC2CCCCNC2=O)cc1. The van der Waals surface area contributed by atoms with Crippen LogP contribution in [0.3, 0.4) is 0 Å². The summed E-state index contributed by atoms with van der Waals surface area (Å²) >= 11 is 0. The second-order valence-corrected chi connectivity index (χ2v) is 4.75. The molecule has 3 N–H and O–H groups in total. The largest absolute Gasteiger partial charge is 0.481 e. The molecular formula is C14H20N2O2. The molecule has 2 rings (SSSR count). The first kappa shape index (κ1) is 12.9. The molecule has 0 bridgehead atoms. The van der Waals surface area contributed by atoms with Crippen molar-refractivity contribution in [2.24, 2.45) is 5.73 Å². The topological polar surface area (TPSA) is 64.3 Å². The van der Waals surface area contributed by atoms with Crippen molar-refractivity contribution >= 4 is 5.91 Å². The van der Waals surface area contributed by atoms with Gasteiger partial charge in [-0.2, -0.15) is 0 Å². The Kier molecular flexibility index (Phi) is 4.20. The summed E-state index contributed by atoms with van der Waals surface area (Å²) < 4.78 is 5.73. The molecule has 2 atom stereocenters. The number of nitrogens with two attached hydrogens (primary N) is 1. The van der Waals surface area contributed by atoms with E-state index in [1.807, 2.05) is 31.2 Å². The Morgan fingerprint density at radius 2 is 2.06 bits per heavy atom. The summed E-state index contributed by atoms with van der Waals surface area (Å²) in [4.78, 5) is 11.7. The normalized spacial score (nSPS) is 21.9. The van der Waals surface area contributed by atoms with Gasteiger partial charge in [0, 0.05) is 12.6 Å². The van der Waals surface area contributed by atoms with E-state index in [0.717, 1.165) is 37.1 Å². The van der Waals surface area contributed by atoms with Gasteiger partial charge in [0.1, 0.15) is 5.75 Å². The Labute approximate surface area is 108 Å². The first-order valence-electron chi connectivity index (χ1n) is 6.47. The maximum absolute atomic E-state index is 11.7. The maximum atomic E-state index is 11.7. The second-order valence-electron chi connectivity index (χ2n) is 4.75. The third-order valence-corrected chi connectivity index (χ3v) is 3.17. The predicted molar refractivity (Wildman–Crippen MR) is 70.3 cm³/mol. The number of carbonyl (C=O) groups excluding carboxylic acids is 1. The predicted octanol–water partition coefficient (Wildman–Crippen LogP) is 1.75. The van der Waals surface area contributed by atoms with Crippen molar-refractivity contribution in [1.82, 2.24) is 5.32 Å². The van der Waals surface area contributed by atoms with Crippen molar-refractivity contribution in [3.8, 4) is 5.75 Å². The number of carbonyl (C=O) groups is 1. The van der Waals surface area contributed by atoms with E-state index in [9.17, 15) is 4.79 Å². The van der Waals surface area contributed by atoms with Crippen molar-refractivity contribution in [1.29, 1.82) is 0 Å². The van der Waals surface area contributed by atoms with E-state index in [2.05, 4.69) is 5.32 Å². The molecule has 1 fully saturated rings. The lowest BCUT2D eigenvalue weighted by Gasteiger charge is -2.16. The van der Waals surface area contributed by atoms with Gasteiger partial charge in [-0.25, -0.2) is 0 Å². The van der Waals surface area contributed by atoms with E-state index in [0.29, 0.717) is 0 Å². The van der Waals surface area contributed by atoms with Crippen LogP contribution in [0.15, 0.2) is 24.3 Å². The number of benzene rings is 1. The van der Waals surface area contributed by atoms with Crippen molar-refractivity contribution in [2.75, 3.05) is 6.54 Å². The van der Waals surface area contributed by atoms with Gasteiger partial charge in [0.15, 0.2) is 6.10 Å². The molecule has 1 saturated heterocycles. The third kappa shape index (κ3) is 3.23. The second kappa shape index (κ2) is 5.87. The Morgan fingerprint density at radius 3 is 2.72 bits per heavy atom. The average molecular weight is 248 g/mol. The molecule has 0 aliphatic carbocycles. The molecule has 1 unspecified atom stereocenters. The highest BCUT2D eigenvalue weighted by Crippen LogP contribution is 2.19. The van der Waals surface area contributed by atoms with Crippen molar-refractivity contribution in [2.45, 2.75) is 38.3 Å². The van der Waals surface area contributed by atoms with Gasteiger partial charge in [0.25, 0.3) is 5.91 Å². The molecule has 1 aromatic rings. The molecule has 0 saturated carbocycles. The fourth-order valence-corrected chi connectivity index (χ4v) is 2.04. The van der Waals surface area contributed by atoms with Crippen molar-refractivity contribution < 1.29 is 9.53 Å². The summed E-state index contributed by atoms with van der Waals surface area (Å²) in [6.45, 7) is 2.69. The van der Waals surface area contributed by atoms with Crippen LogP contribution in [-0.4, -0.2) is 18.6 Å². The highest BCUT2D eigenvalue weighted by molar-refractivity contribution is 5.81. The van der Waals surface area contributed by atoms with Gasteiger partial charge in [-0.3, -0.25) is 4.79 Å². The molecule has 0 radical (unpaired) electrons. The Hall–Kier alpha value is -1.55. The first-order chi connectivity index (χ1) is 8.66. The van der Waals surface area contributed by atoms with Gasteiger partial charge < -0.3 is 15.8 Å². The maximum Gasteiger partial charge on any atom is 0.261 e. The number of ether oxygens (including phenoxy) is 1. The molecule has 1 heterocycles. The van der Waals surface area contributed by atoms with Crippen LogP contribution < -0.4 is 15.8 Å². The molecular weight excluding hydrogens is 228 g/mol. The van der Waals surface area contributed by atoms with E-state index in [-0.39, 0.29) is 18.1 Å². The van der Waals surface area contributed by atoms with Gasteiger partial charge in [-0.15, -0.1) is 0 Å². The van der Waals surface area contributed by atoms with Crippen LogP contribution >= 0.6 is 0 Å². The molecule has 0 spiro atoms. The van der Waals surface area contributed by atoms with Crippen LogP contribution in [0.5, 0.6) is 5.75 Å². The zero-order valence-corrected chi connectivity index (χ0v) is 10.7. The molecule has 1 aromatic carbocycles. The summed E-state index contributed by atoms with van der Waals surface area (Å²) in [6.07, 6.45) is 2.45. The van der Waals surface area contributed by atoms with Gasteiger partial charge in [-0.1, -0.05) is 12.1 Å². The van der Waals surface area contributed by atoms with Crippen LogP contribution in [-0.2, 0) is 4.79 Å². The fourth-order valence-electron chi connectivity index (χ4n) is 2.04. The van der Waals surface area contributed by atoms with E-state index >= 15 is 0 Å². The third-order valence-electron chi connectivity index (χ3n) is 3.17. The minimum Gasteiger partial charge on any atom is -0.481 e. The fraction of sp³-hybridized carbons (Fsp3) is 0.500. The lowest BCUT2D eigenvalue weighted by atomic mass is 10.1. The Bertz CT molecular complexity index is 401. The molecule has 18 heavy (non-hydrogen) atoms. The number of hydrogen-bond donors (Lipinski definition) is 2. The summed E-state index contributed by atoms with van der Waals surface area (Å²) in [5.41, 5.74) is 6.85. The smallest absolute Gasteiger partial charge is 0.261 e. The first-order valence-corrected chi connectivity index (χ1v) is 6.47. The van der Waals surface area contributed by atoms with E-state index in [4.69, 9.17) is 10.5 Å². The van der Waals surface area contributed by atoms with Crippen molar-refractivity contribution in [3.05, 3.63) is 29.8 Å². The monoisotopic (exact) mass is 248 g/mol. The lowest BCUT2D eigenvalue weighted by molar-refractivity contribution is -0.127. The quantitative estimate of drug-likeness (QED) is 0.856. The highest BCUT2D eigenvalue weighted by atomic mass is 16.5. The van der Waals surface area contributed by atoms with Crippen LogP contribution in [0.25, 0.3) is 0 Å². The lowest BCUT2D eigenvalue weighted by Crippen LogP contribution is -2.36. The number of rotatable bonds is 3. The zero-order valence-electron chi connectivity index (χ0n) is 10.7. The van der Waals surface area contributed by atoms with Crippen molar-refractivity contribution in [3.63, 3.8) is 0 Å². The van der Waals surface area contributed by atoms with Crippen LogP contribution in [0.4, 0.5) is 0 Å². The van der Waals surface area contributed by atoms with Crippen LogP contribution in [0.2, 0.25) is 0 Å². The van der Waals surface area contributed by atoms with Gasteiger partial charge in [0.2, 0.25) is 0 Å². The molecule has 4 heteroatoms. The standard InChI is InChI=1S/C14H20N2O2/c1-10(15)11-5-7-12(8-6-11)18-13-4-2-3-9-16-14(13)17/h5-8,10,13H,2-4,9,15H2,1H3,(H,16,17)/t10-,13?/m1/s1. The average Bonchev–Trinajstić information content (AvgIpc) is 2.56. The minimum atomic E-state index is -0.367. The number of amides is 1. The Morgan fingerprint density at radius 1 is 1.33 bits per heavy atom. The molecule has 1 aliphatic heterocycles. The van der Waals surface area contributed by atoms with E-state index < -0.39 is 0 Å². The summed E-state index contributed by atoms with van der Waals surface area (Å²) in [6, 6.07) is 7.64. The van der Waals surface area contributed by atoms with E-state index in [1.165, 1.54) is 0 Å². The van der Waals surface area contributed by atoms with Crippen LogP contribution in [0, 0.1) is 0 Å². The number of nitrogens with one attached hydrogen (secondary N) is 1. The summed E-state index contributed by atoms with van der Waals surface area (Å²) in [7, 11) is 0. The summed E-state index contributed by atoms with van der Waals surface area (Å²) in [5.74, 6) is 0.713. The molecule has 1 amide bonds. The van der Waals surface area contributed by atoms with Gasteiger partial charge in [0.05, 0.1) is 0 Å². The Balaban J connectivity index is 2.01. The number of hydrogen-bond acceptors (Lipinski definition) is 3. The summed E-state index contributed by atoms with van der Waals surface area (Å²) in [5, 5.41) is 2.86. The van der Waals surface area contributed by atoms with E-state index in [1.54, 1.807) is 0 Å². The molecule has 98 valence electrons. The molecule has 0 aromatic heterocycles. The molecule has 1 aliphatic rings. The minimum absolute atomic E-state index is 0.0104. The van der Waals surface area contributed by atoms with Gasteiger partial charge >= 0.3 is 0 Å². The molecule has 4 nitrogen and oxygen atoms in total. The van der Waals surface area contributed by atoms with Crippen LogP contribution in [0.1, 0.15) is 37.8 Å². The zero-order chi connectivity index (χ0) is 13.0. The van der Waals surface area contributed by atoms with Gasteiger partial charge in [-0.05, 0) is 43.9 Å².